The molecule has 298 valence electrons. The molecule has 6 rings (SSSR count). The van der Waals surface area contributed by atoms with Crippen LogP contribution in [0.5, 0.6) is 23.0 Å². The van der Waals surface area contributed by atoms with E-state index < -0.39 is 56.0 Å². The van der Waals surface area contributed by atoms with Gasteiger partial charge in [-0.1, -0.05) is 0 Å². The lowest BCUT2D eigenvalue weighted by Crippen LogP contribution is -2.32. The zero-order valence-electron chi connectivity index (χ0n) is 30.1. The average Bonchev–Trinajstić information content (AvgIpc) is 3.17. The number of rotatable bonds is 10. The van der Waals surface area contributed by atoms with Crippen LogP contribution in [0.2, 0.25) is 0 Å². The lowest BCUT2D eigenvalue weighted by molar-refractivity contribution is -0.386. The van der Waals surface area contributed by atoms with Crippen LogP contribution < -0.4 is 20.6 Å². The molecule has 0 saturated heterocycles. The van der Waals surface area contributed by atoms with Gasteiger partial charge in [-0.15, -0.1) is 4.68 Å². The van der Waals surface area contributed by atoms with Gasteiger partial charge in [-0.25, -0.2) is 18.7 Å². The number of hydrogen-bond acceptors (Lipinski definition) is 14. The molecule has 22 heteroatoms. The van der Waals surface area contributed by atoms with Crippen molar-refractivity contribution in [3.63, 3.8) is 0 Å². The number of H-pyrrole nitrogens is 1. The Hall–Kier alpha value is -6.81. The van der Waals surface area contributed by atoms with E-state index in [1.807, 2.05) is 0 Å². The van der Waals surface area contributed by atoms with E-state index in [0.29, 0.717) is 24.9 Å². The van der Waals surface area contributed by atoms with Gasteiger partial charge in [0.2, 0.25) is 11.5 Å². The Morgan fingerprint density at radius 1 is 0.776 bits per heavy atom. The van der Waals surface area contributed by atoms with Crippen molar-refractivity contribution in [1.29, 1.82) is 0 Å². The lowest BCUT2D eigenvalue weighted by atomic mass is 10.1. The smallest absolute Gasteiger partial charge is 0.437 e. The molecule has 0 saturated carbocycles. The van der Waals surface area contributed by atoms with Crippen LogP contribution in [0.15, 0.2) is 91.9 Å². The Morgan fingerprint density at radius 3 is 1.71 bits per heavy atom. The highest BCUT2D eigenvalue weighted by molar-refractivity contribution is 9.10. The predicted molar refractivity (Wildman–Crippen MR) is 206 cm³/mol. The third-order valence-electron chi connectivity index (χ3n) is 7.78. The first kappa shape index (κ1) is 42.3. The minimum absolute atomic E-state index is 0.00511. The van der Waals surface area contributed by atoms with Gasteiger partial charge >= 0.3 is 17.5 Å². The third kappa shape index (κ3) is 10.1. The predicted octanol–water partition coefficient (Wildman–Crippen LogP) is 7.42. The van der Waals surface area contributed by atoms with Gasteiger partial charge in [0.15, 0.2) is 11.6 Å². The highest BCUT2D eigenvalue weighted by Gasteiger charge is 2.26. The van der Waals surface area contributed by atoms with Gasteiger partial charge in [-0.2, -0.15) is 10.2 Å². The van der Waals surface area contributed by atoms with E-state index in [4.69, 9.17) is 9.47 Å². The number of carbonyl (C=O) groups excluding carboxylic acids is 1. The summed E-state index contributed by atoms with van der Waals surface area (Å²) >= 11 is 6.40. The van der Waals surface area contributed by atoms with Crippen molar-refractivity contribution in [2.75, 3.05) is 7.11 Å². The first-order valence-electron chi connectivity index (χ1n) is 16.3. The molecule has 18 nitrogen and oxygen atoms in total. The van der Waals surface area contributed by atoms with E-state index in [0.717, 1.165) is 19.2 Å². The summed E-state index contributed by atoms with van der Waals surface area (Å²) in [6.45, 7) is 3.07. The van der Waals surface area contributed by atoms with Gasteiger partial charge in [0.25, 0.3) is 11.1 Å². The number of hydrogen-bond donors (Lipinski definition) is 1. The molecule has 0 amide bonds. The molecule has 58 heavy (non-hydrogen) atoms. The van der Waals surface area contributed by atoms with E-state index in [2.05, 4.69) is 61.9 Å². The molecule has 0 radical (unpaired) electrons. The second-order valence-electron chi connectivity index (χ2n) is 11.9. The number of pyridine rings is 2. The molecule has 2 aromatic carbocycles. The van der Waals surface area contributed by atoms with Gasteiger partial charge in [0.1, 0.15) is 11.5 Å². The number of aromatic amines is 1. The number of aromatic nitrogens is 6. The maximum atomic E-state index is 15.2. The molecular weight excluding hydrogens is 902 g/mol. The van der Waals surface area contributed by atoms with Crippen LogP contribution in [-0.4, -0.2) is 53.0 Å². The maximum absolute atomic E-state index is 15.2. The summed E-state index contributed by atoms with van der Waals surface area (Å²) < 4.78 is 47.2. The third-order valence-corrected chi connectivity index (χ3v) is 8.65. The van der Waals surface area contributed by atoms with Crippen molar-refractivity contribution in [1.82, 2.24) is 29.9 Å². The molecule has 0 fully saturated rings. The van der Waals surface area contributed by atoms with Crippen LogP contribution in [0, 0.1) is 45.7 Å². The highest BCUT2D eigenvalue weighted by atomic mass is 79.9. The van der Waals surface area contributed by atoms with Crippen molar-refractivity contribution in [2.24, 2.45) is 0 Å². The van der Waals surface area contributed by atoms with Crippen LogP contribution in [0.3, 0.4) is 0 Å². The number of carbonyl (C=O) groups is 1. The maximum Gasteiger partial charge on any atom is 0.437 e. The van der Waals surface area contributed by atoms with E-state index >= 15 is 4.39 Å². The van der Waals surface area contributed by atoms with Crippen LogP contribution in [0.4, 0.5) is 25.0 Å². The summed E-state index contributed by atoms with van der Waals surface area (Å²) in [7, 11) is 1.09. The fourth-order valence-corrected chi connectivity index (χ4v) is 5.77. The summed E-state index contributed by atoms with van der Waals surface area (Å²) in [5, 5.41) is 32.7. The Labute approximate surface area is 341 Å². The number of nitrogens with one attached hydrogen (secondary N) is 1. The Balaban J connectivity index is 0.000000223. The average molecular weight is 928 g/mol. The molecule has 0 aliphatic heterocycles. The minimum atomic E-state index is -0.995. The van der Waals surface area contributed by atoms with Gasteiger partial charge in [-0.3, -0.25) is 39.8 Å². The Bertz CT molecular complexity index is 2700. The van der Waals surface area contributed by atoms with E-state index in [1.54, 1.807) is 6.92 Å². The highest BCUT2D eigenvalue weighted by Crippen LogP contribution is 2.38. The quantitative estimate of drug-likeness (QED) is 0.104. The molecule has 0 aliphatic rings. The van der Waals surface area contributed by atoms with Gasteiger partial charge in [0.05, 0.1) is 40.7 Å². The fraction of sp³-hybridized carbons (Fsp3) is 0.139. The SMILES string of the molecule is COC(=O)n1nc(Cc2ccc([N+](=O)[O-])c(Oc3cncc(Br)c3)c2F)cc(C)c1=O.Cc1cc(Cc2ccc([N+](=O)[O-])c(Oc3cncc(Br)c3)c2F)n[nH]c1=O. The normalized spacial score (nSPS) is 10.6. The standard InChI is InChI=1S/C19H14BrFN4O6.C17H12BrFN4O4/c1-10-5-13(23-24(18(10)26)19(27)30-2)6-11-3-4-15(25(28)29)17(16(11)21)31-14-7-12(20)8-22-9-14;1-9-4-12(21-22-17(9)24)5-10-2-3-14(23(25)26)16(15(10)19)27-13-6-11(18)7-20-8-13/h3-5,7-9H,6H2,1-2H3;2-4,6-8H,5H2,1H3,(H,22,24). The Morgan fingerprint density at radius 2 is 1.26 bits per heavy atom. The second-order valence-corrected chi connectivity index (χ2v) is 13.7. The van der Waals surface area contributed by atoms with Crippen LogP contribution in [-0.2, 0) is 17.6 Å². The van der Waals surface area contributed by atoms with E-state index in [-0.39, 0.29) is 52.3 Å². The Kier molecular flexibility index (Phi) is 13.4. The number of ether oxygens (including phenoxy) is 3. The van der Waals surface area contributed by atoms with Gasteiger partial charge in [0, 0.05) is 57.4 Å². The van der Waals surface area contributed by atoms with Crippen molar-refractivity contribution >= 4 is 49.3 Å². The number of nitrogens with zero attached hydrogens (tertiary/aromatic N) is 7. The van der Waals surface area contributed by atoms with Gasteiger partial charge in [-0.05, 0) is 93.2 Å². The van der Waals surface area contributed by atoms with E-state index in [1.165, 1.54) is 68.1 Å². The first-order chi connectivity index (χ1) is 27.6. The molecule has 0 unspecified atom stereocenters. The number of aryl methyl sites for hydroxylation is 2. The summed E-state index contributed by atoms with van der Waals surface area (Å²) in [4.78, 5) is 64.1. The number of nitro benzene ring substituents is 2. The summed E-state index contributed by atoms with van der Waals surface area (Å²) in [6, 6.07) is 10.7. The molecule has 0 spiro atoms. The molecule has 0 atom stereocenters. The summed E-state index contributed by atoms with van der Waals surface area (Å²) in [6.07, 6.45) is 4.41. The van der Waals surface area contributed by atoms with Crippen molar-refractivity contribution < 1.29 is 37.6 Å². The second kappa shape index (κ2) is 18.4. The van der Waals surface area contributed by atoms with Crippen LogP contribution in [0.25, 0.3) is 0 Å². The lowest BCUT2D eigenvalue weighted by Gasteiger charge is -2.11. The van der Waals surface area contributed by atoms with Gasteiger partial charge < -0.3 is 14.2 Å². The number of nitro groups is 2. The van der Waals surface area contributed by atoms with E-state index in [9.17, 15) is 39.0 Å². The van der Waals surface area contributed by atoms with Crippen LogP contribution in [0.1, 0.15) is 33.6 Å². The van der Waals surface area contributed by atoms with Crippen molar-refractivity contribution in [2.45, 2.75) is 26.7 Å². The first-order valence-corrected chi connectivity index (χ1v) is 17.9. The van der Waals surface area contributed by atoms with Crippen molar-refractivity contribution in [3.05, 3.63) is 168 Å². The summed E-state index contributed by atoms with van der Waals surface area (Å²) in [5.74, 6) is -2.75. The summed E-state index contributed by atoms with van der Waals surface area (Å²) in [5.41, 5.74) is -0.761. The topological polar surface area (TPSA) is 237 Å². The zero-order valence-corrected chi connectivity index (χ0v) is 33.2. The molecule has 1 N–H and O–H groups in total. The fourth-order valence-electron chi connectivity index (χ4n) is 5.08. The number of benzene rings is 2. The van der Waals surface area contributed by atoms with Crippen LogP contribution >= 0.6 is 31.9 Å². The molecule has 0 aliphatic carbocycles. The molecule has 6 aromatic rings. The molecule has 4 heterocycles. The minimum Gasteiger partial charge on any atom is -0.451 e. The molecular formula is C36H26Br2F2N8O10. The monoisotopic (exact) mass is 926 g/mol. The zero-order chi connectivity index (χ0) is 42.3. The molecule has 4 aromatic heterocycles. The largest absolute Gasteiger partial charge is 0.451 e. The van der Waals surface area contributed by atoms with Crippen molar-refractivity contribution in [3.8, 4) is 23.0 Å². The number of halogens is 4. The molecule has 0 bridgehead atoms. The number of methoxy groups -OCH3 is 1.